The fraction of sp³-hybridized carbons (Fsp3) is 0.333. The molecule has 102 valence electrons. The van der Waals surface area contributed by atoms with Gasteiger partial charge in [-0.1, -0.05) is 42.6 Å². The summed E-state index contributed by atoms with van der Waals surface area (Å²) in [4.78, 5) is 0. The van der Waals surface area contributed by atoms with Gasteiger partial charge >= 0.3 is 0 Å². The van der Waals surface area contributed by atoms with E-state index in [4.69, 9.17) is 23.2 Å². The third-order valence-corrected chi connectivity index (χ3v) is 3.68. The summed E-state index contributed by atoms with van der Waals surface area (Å²) >= 11 is 12.0. The topological polar surface area (TPSA) is 25.2 Å². The van der Waals surface area contributed by atoms with Gasteiger partial charge in [-0.3, -0.25) is 0 Å². The third kappa shape index (κ3) is 3.75. The van der Waals surface area contributed by atoms with Crippen molar-refractivity contribution in [1.82, 2.24) is 4.57 Å². The SMILES string of the molecule is CCCC(O)c1ccn(Cc2ccc(Cl)cc2Cl)c1. The van der Waals surface area contributed by atoms with Crippen molar-refractivity contribution in [3.63, 3.8) is 0 Å². The quantitative estimate of drug-likeness (QED) is 0.852. The molecule has 0 saturated heterocycles. The summed E-state index contributed by atoms with van der Waals surface area (Å²) in [5.41, 5.74) is 1.96. The lowest BCUT2D eigenvalue weighted by molar-refractivity contribution is 0.166. The molecule has 0 aliphatic carbocycles. The average Bonchev–Trinajstić information content (AvgIpc) is 2.82. The Morgan fingerprint density at radius 1 is 1.26 bits per heavy atom. The average molecular weight is 298 g/mol. The molecule has 1 aromatic heterocycles. The zero-order valence-corrected chi connectivity index (χ0v) is 12.3. The second-order valence-corrected chi connectivity index (χ2v) is 5.50. The maximum atomic E-state index is 9.93. The Morgan fingerprint density at radius 2 is 2.05 bits per heavy atom. The van der Waals surface area contributed by atoms with Crippen LogP contribution >= 0.6 is 23.2 Å². The highest BCUT2D eigenvalue weighted by atomic mass is 35.5. The number of benzene rings is 1. The molecule has 0 aliphatic heterocycles. The second kappa shape index (κ2) is 6.47. The Bertz CT molecular complexity index is 551. The van der Waals surface area contributed by atoms with Gasteiger partial charge < -0.3 is 9.67 Å². The summed E-state index contributed by atoms with van der Waals surface area (Å²) in [6.07, 6.45) is 5.29. The van der Waals surface area contributed by atoms with Crippen LogP contribution in [0.25, 0.3) is 0 Å². The van der Waals surface area contributed by atoms with Gasteiger partial charge in [0.25, 0.3) is 0 Å². The maximum Gasteiger partial charge on any atom is 0.0804 e. The molecule has 0 spiro atoms. The summed E-state index contributed by atoms with van der Waals surface area (Å²) in [6, 6.07) is 7.45. The maximum absolute atomic E-state index is 9.93. The van der Waals surface area contributed by atoms with Crippen LogP contribution in [0.15, 0.2) is 36.7 Å². The van der Waals surface area contributed by atoms with Crippen LogP contribution in [0, 0.1) is 0 Å². The van der Waals surface area contributed by atoms with Gasteiger partial charge in [-0.2, -0.15) is 0 Å². The number of aliphatic hydroxyl groups excluding tert-OH is 1. The Morgan fingerprint density at radius 3 is 2.74 bits per heavy atom. The van der Waals surface area contributed by atoms with Gasteiger partial charge in [-0.15, -0.1) is 0 Å². The molecular weight excluding hydrogens is 281 g/mol. The highest BCUT2D eigenvalue weighted by molar-refractivity contribution is 6.35. The summed E-state index contributed by atoms with van der Waals surface area (Å²) in [5.74, 6) is 0. The Balaban J connectivity index is 2.11. The molecule has 2 aromatic rings. The number of hydrogen-bond acceptors (Lipinski definition) is 1. The molecule has 0 fully saturated rings. The minimum absolute atomic E-state index is 0.382. The lowest BCUT2D eigenvalue weighted by Crippen LogP contribution is -1.98. The largest absolute Gasteiger partial charge is 0.388 e. The Hall–Kier alpha value is -0.960. The van der Waals surface area contributed by atoms with E-state index in [1.165, 1.54) is 0 Å². The van der Waals surface area contributed by atoms with E-state index in [-0.39, 0.29) is 6.10 Å². The number of aromatic nitrogens is 1. The smallest absolute Gasteiger partial charge is 0.0804 e. The first-order chi connectivity index (χ1) is 9.10. The van der Waals surface area contributed by atoms with Crippen LogP contribution in [-0.2, 0) is 6.54 Å². The minimum atomic E-state index is -0.382. The molecule has 1 unspecified atom stereocenters. The number of nitrogens with zero attached hydrogens (tertiary/aromatic N) is 1. The van der Waals surface area contributed by atoms with E-state index in [2.05, 4.69) is 6.92 Å². The standard InChI is InChI=1S/C15H17Cl2NO/c1-2-3-15(19)12-6-7-18(10-12)9-11-4-5-13(16)8-14(11)17/h4-8,10,15,19H,2-3,9H2,1H3. The van der Waals surface area contributed by atoms with Gasteiger partial charge in [-0.05, 0) is 35.7 Å². The fourth-order valence-electron chi connectivity index (χ4n) is 2.04. The molecule has 0 aliphatic rings. The van der Waals surface area contributed by atoms with E-state index >= 15 is 0 Å². The monoisotopic (exact) mass is 297 g/mol. The first-order valence-corrected chi connectivity index (χ1v) is 7.13. The number of aliphatic hydroxyl groups is 1. The minimum Gasteiger partial charge on any atom is -0.388 e. The van der Waals surface area contributed by atoms with Crippen molar-refractivity contribution in [3.8, 4) is 0 Å². The third-order valence-electron chi connectivity index (χ3n) is 3.09. The molecule has 2 rings (SSSR count). The summed E-state index contributed by atoms with van der Waals surface area (Å²) in [6.45, 7) is 2.74. The van der Waals surface area contributed by atoms with Gasteiger partial charge in [0.1, 0.15) is 0 Å². The van der Waals surface area contributed by atoms with Crippen molar-refractivity contribution in [2.24, 2.45) is 0 Å². The predicted octanol–water partition coefficient (Wildman–Crippen LogP) is 4.68. The molecule has 1 atom stereocenters. The summed E-state index contributed by atoms with van der Waals surface area (Å²) < 4.78 is 2.02. The molecule has 0 bridgehead atoms. The van der Waals surface area contributed by atoms with E-state index in [0.717, 1.165) is 24.0 Å². The molecule has 0 saturated carbocycles. The van der Waals surface area contributed by atoms with Crippen molar-refractivity contribution in [1.29, 1.82) is 0 Å². The molecule has 0 amide bonds. The van der Waals surface area contributed by atoms with Crippen LogP contribution in [0.3, 0.4) is 0 Å². The Labute approximate surface area is 123 Å². The number of hydrogen-bond donors (Lipinski definition) is 1. The van der Waals surface area contributed by atoms with Crippen LogP contribution in [0.4, 0.5) is 0 Å². The van der Waals surface area contributed by atoms with Crippen molar-refractivity contribution < 1.29 is 5.11 Å². The molecule has 19 heavy (non-hydrogen) atoms. The zero-order chi connectivity index (χ0) is 13.8. The number of halogens is 2. The molecule has 1 heterocycles. The molecule has 2 nitrogen and oxygen atoms in total. The number of rotatable bonds is 5. The van der Waals surface area contributed by atoms with Gasteiger partial charge in [-0.25, -0.2) is 0 Å². The summed E-state index contributed by atoms with van der Waals surface area (Å²) in [5, 5.41) is 11.2. The zero-order valence-electron chi connectivity index (χ0n) is 10.8. The molecule has 0 radical (unpaired) electrons. The fourth-order valence-corrected chi connectivity index (χ4v) is 2.51. The molecule has 1 aromatic carbocycles. The van der Waals surface area contributed by atoms with E-state index in [9.17, 15) is 5.11 Å². The summed E-state index contributed by atoms with van der Waals surface area (Å²) in [7, 11) is 0. The van der Waals surface area contributed by atoms with Crippen LogP contribution in [0.1, 0.15) is 37.0 Å². The predicted molar refractivity (Wildman–Crippen MR) is 79.9 cm³/mol. The van der Waals surface area contributed by atoms with Crippen LogP contribution in [-0.4, -0.2) is 9.67 Å². The van der Waals surface area contributed by atoms with Crippen LogP contribution in [0.2, 0.25) is 10.0 Å². The lowest BCUT2D eigenvalue weighted by atomic mass is 10.1. The van der Waals surface area contributed by atoms with E-state index < -0.39 is 0 Å². The normalized spacial score (nSPS) is 12.6. The van der Waals surface area contributed by atoms with Crippen molar-refractivity contribution in [2.75, 3.05) is 0 Å². The highest BCUT2D eigenvalue weighted by Gasteiger charge is 2.08. The second-order valence-electron chi connectivity index (χ2n) is 4.66. The van der Waals surface area contributed by atoms with Crippen molar-refractivity contribution in [2.45, 2.75) is 32.4 Å². The molecular formula is C15H17Cl2NO. The van der Waals surface area contributed by atoms with E-state index in [0.29, 0.717) is 16.6 Å². The van der Waals surface area contributed by atoms with Crippen LogP contribution in [0.5, 0.6) is 0 Å². The van der Waals surface area contributed by atoms with Gasteiger partial charge in [0.05, 0.1) is 6.10 Å². The van der Waals surface area contributed by atoms with Gasteiger partial charge in [0.15, 0.2) is 0 Å². The van der Waals surface area contributed by atoms with Crippen LogP contribution < -0.4 is 0 Å². The van der Waals surface area contributed by atoms with E-state index in [1.54, 1.807) is 6.07 Å². The first kappa shape index (κ1) is 14.4. The van der Waals surface area contributed by atoms with E-state index in [1.807, 2.05) is 35.2 Å². The first-order valence-electron chi connectivity index (χ1n) is 6.38. The lowest BCUT2D eigenvalue weighted by Gasteiger charge is -2.08. The van der Waals surface area contributed by atoms with Gasteiger partial charge in [0.2, 0.25) is 0 Å². The Kier molecular flexibility index (Phi) is 4.92. The van der Waals surface area contributed by atoms with Crippen molar-refractivity contribution in [3.05, 3.63) is 57.8 Å². The highest BCUT2D eigenvalue weighted by Crippen LogP contribution is 2.23. The molecule has 1 N–H and O–H groups in total. The van der Waals surface area contributed by atoms with Gasteiger partial charge in [0, 0.05) is 29.0 Å². The van der Waals surface area contributed by atoms with Crippen molar-refractivity contribution >= 4 is 23.2 Å². The molecule has 4 heteroatoms.